The minimum absolute atomic E-state index is 0.0785. The number of thiophene rings is 1. The van der Waals surface area contributed by atoms with E-state index in [0.29, 0.717) is 36.7 Å². The van der Waals surface area contributed by atoms with Crippen molar-refractivity contribution in [1.29, 1.82) is 0 Å². The van der Waals surface area contributed by atoms with E-state index in [1.54, 1.807) is 11.0 Å². The van der Waals surface area contributed by atoms with Crippen LogP contribution in [0.5, 0.6) is 0 Å². The minimum Gasteiger partial charge on any atom is -0.369 e. The Hall–Kier alpha value is -1.07. The Labute approximate surface area is 115 Å². The number of primary amides is 1. The second-order valence-corrected chi connectivity index (χ2v) is 6.24. The van der Waals surface area contributed by atoms with Crippen molar-refractivity contribution in [3.05, 3.63) is 21.3 Å². The Morgan fingerprint density at radius 3 is 2.56 bits per heavy atom. The highest BCUT2D eigenvalue weighted by atomic mass is 35.5. The zero-order valence-electron chi connectivity index (χ0n) is 9.89. The molecule has 6 heteroatoms. The maximum Gasteiger partial charge on any atom is 0.227 e. The number of hydrogen-bond donors (Lipinski definition) is 1. The molecule has 0 atom stereocenters. The van der Waals surface area contributed by atoms with E-state index >= 15 is 0 Å². The molecule has 0 aromatic carbocycles. The lowest BCUT2D eigenvalue weighted by Gasteiger charge is -2.30. The van der Waals surface area contributed by atoms with E-state index in [1.807, 2.05) is 6.07 Å². The summed E-state index contributed by atoms with van der Waals surface area (Å²) in [6.07, 6.45) is 1.73. The van der Waals surface area contributed by atoms with E-state index in [2.05, 4.69) is 0 Å². The third-order valence-corrected chi connectivity index (χ3v) is 4.44. The van der Waals surface area contributed by atoms with Gasteiger partial charge in [0.15, 0.2) is 0 Å². The molecular formula is C12H15ClN2O2S. The lowest BCUT2D eigenvalue weighted by molar-refractivity contribution is -0.134. The molecule has 0 unspecified atom stereocenters. The van der Waals surface area contributed by atoms with Crippen molar-refractivity contribution in [3.63, 3.8) is 0 Å². The minimum atomic E-state index is -0.257. The molecule has 0 spiro atoms. The van der Waals surface area contributed by atoms with Crippen LogP contribution in [0.4, 0.5) is 0 Å². The molecule has 2 heterocycles. The number of carbonyl (C=O) groups is 2. The molecule has 0 aliphatic carbocycles. The number of piperidine rings is 1. The number of nitrogens with zero attached hydrogens (tertiary/aromatic N) is 1. The molecule has 2 N–H and O–H groups in total. The summed E-state index contributed by atoms with van der Waals surface area (Å²) >= 11 is 7.26. The average molecular weight is 287 g/mol. The Morgan fingerprint density at radius 1 is 1.39 bits per heavy atom. The predicted octanol–water partition coefficient (Wildman–Crippen LogP) is 1.67. The number of likely N-dealkylation sites (tertiary alicyclic amines) is 1. The number of amides is 2. The van der Waals surface area contributed by atoms with Crippen LogP contribution in [0.3, 0.4) is 0 Å². The van der Waals surface area contributed by atoms with Gasteiger partial charge in [-0.25, -0.2) is 0 Å². The van der Waals surface area contributed by atoms with Gasteiger partial charge in [0.05, 0.1) is 10.8 Å². The summed E-state index contributed by atoms with van der Waals surface area (Å²) in [6.45, 7) is 1.23. The van der Waals surface area contributed by atoms with Crippen molar-refractivity contribution in [2.75, 3.05) is 13.1 Å². The fourth-order valence-electron chi connectivity index (χ4n) is 2.12. The summed E-state index contributed by atoms with van der Waals surface area (Å²) in [5.74, 6) is -0.242. The highest BCUT2D eigenvalue weighted by Gasteiger charge is 2.25. The predicted molar refractivity (Wildman–Crippen MR) is 71.5 cm³/mol. The second-order valence-electron chi connectivity index (χ2n) is 4.44. The Kier molecular flexibility index (Phi) is 4.24. The van der Waals surface area contributed by atoms with Crippen molar-refractivity contribution < 1.29 is 9.59 Å². The van der Waals surface area contributed by atoms with Crippen LogP contribution in [-0.2, 0) is 16.0 Å². The van der Waals surface area contributed by atoms with Gasteiger partial charge in [-0.3, -0.25) is 9.59 Å². The van der Waals surface area contributed by atoms with Gasteiger partial charge >= 0.3 is 0 Å². The molecule has 0 radical (unpaired) electrons. The molecule has 1 aliphatic heterocycles. The Balaban J connectivity index is 1.86. The van der Waals surface area contributed by atoms with E-state index in [4.69, 9.17) is 17.3 Å². The largest absolute Gasteiger partial charge is 0.369 e. The molecule has 2 amide bonds. The van der Waals surface area contributed by atoms with Crippen LogP contribution < -0.4 is 5.73 Å². The topological polar surface area (TPSA) is 63.4 Å². The van der Waals surface area contributed by atoms with Gasteiger partial charge in [0, 0.05) is 23.9 Å². The molecule has 2 rings (SSSR count). The highest BCUT2D eigenvalue weighted by Crippen LogP contribution is 2.23. The van der Waals surface area contributed by atoms with Crippen LogP contribution in [0, 0.1) is 5.92 Å². The first-order valence-corrected chi connectivity index (χ1v) is 7.07. The standard InChI is InChI=1S/C12H15ClN2O2S/c13-10-2-1-9(18-10)7-11(16)15-5-3-8(4-6-15)12(14)17/h1-2,8H,3-7H2,(H2,14,17). The maximum absolute atomic E-state index is 12.0. The van der Waals surface area contributed by atoms with Crippen LogP contribution in [-0.4, -0.2) is 29.8 Å². The normalized spacial score (nSPS) is 16.8. The molecule has 1 aromatic rings. The van der Waals surface area contributed by atoms with Gasteiger partial charge in [-0.1, -0.05) is 11.6 Å². The zero-order chi connectivity index (χ0) is 13.1. The van der Waals surface area contributed by atoms with Crippen molar-refractivity contribution >= 4 is 34.8 Å². The molecule has 0 saturated carbocycles. The SMILES string of the molecule is NC(=O)C1CCN(C(=O)Cc2ccc(Cl)s2)CC1. The summed E-state index contributed by atoms with van der Waals surface area (Å²) in [7, 11) is 0. The molecule has 1 aromatic heterocycles. The van der Waals surface area contributed by atoms with Gasteiger partial charge in [-0.05, 0) is 25.0 Å². The fraction of sp³-hybridized carbons (Fsp3) is 0.500. The highest BCUT2D eigenvalue weighted by molar-refractivity contribution is 7.16. The van der Waals surface area contributed by atoms with Crippen LogP contribution in [0.15, 0.2) is 12.1 Å². The number of rotatable bonds is 3. The van der Waals surface area contributed by atoms with Crippen LogP contribution in [0.1, 0.15) is 17.7 Å². The quantitative estimate of drug-likeness (QED) is 0.919. The first kappa shape index (κ1) is 13.4. The maximum atomic E-state index is 12.0. The van der Waals surface area contributed by atoms with Gasteiger partial charge in [-0.2, -0.15) is 0 Å². The zero-order valence-corrected chi connectivity index (χ0v) is 11.5. The third kappa shape index (κ3) is 3.23. The monoisotopic (exact) mass is 286 g/mol. The van der Waals surface area contributed by atoms with Crippen molar-refractivity contribution in [1.82, 2.24) is 4.90 Å². The molecule has 1 saturated heterocycles. The van der Waals surface area contributed by atoms with Gasteiger partial charge in [0.1, 0.15) is 0 Å². The van der Waals surface area contributed by atoms with Crippen molar-refractivity contribution in [3.8, 4) is 0 Å². The number of carbonyl (C=O) groups excluding carboxylic acids is 2. The molecule has 1 aliphatic rings. The average Bonchev–Trinajstić information content (AvgIpc) is 2.75. The van der Waals surface area contributed by atoms with E-state index < -0.39 is 0 Å². The van der Waals surface area contributed by atoms with Gasteiger partial charge in [0.2, 0.25) is 11.8 Å². The Bertz CT molecular complexity index is 453. The summed E-state index contributed by atoms with van der Waals surface area (Å²) < 4.78 is 0.699. The lowest BCUT2D eigenvalue weighted by atomic mass is 9.96. The molecule has 1 fully saturated rings. The van der Waals surface area contributed by atoms with E-state index in [-0.39, 0.29) is 17.7 Å². The van der Waals surface area contributed by atoms with Crippen LogP contribution >= 0.6 is 22.9 Å². The molecule has 0 bridgehead atoms. The molecular weight excluding hydrogens is 272 g/mol. The first-order chi connectivity index (χ1) is 8.56. The van der Waals surface area contributed by atoms with E-state index in [9.17, 15) is 9.59 Å². The first-order valence-electron chi connectivity index (χ1n) is 5.87. The Morgan fingerprint density at radius 2 is 2.06 bits per heavy atom. The second kappa shape index (κ2) is 5.71. The molecule has 98 valence electrons. The van der Waals surface area contributed by atoms with Gasteiger partial charge in [-0.15, -0.1) is 11.3 Å². The van der Waals surface area contributed by atoms with E-state index in [1.165, 1.54) is 11.3 Å². The third-order valence-electron chi connectivity index (χ3n) is 3.20. The van der Waals surface area contributed by atoms with E-state index in [0.717, 1.165) is 4.88 Å². The van der Waals surface area contributed by atoms with Gasteiger partial charge in [0.25, 0.3) is 0 Å². The summed E-state index contributed by atoms with van der Waals surface area (Å²) in [5, 5.41) is 0. The molecule has 18 heavy (non-hydrogen) atoms. The van der Waals surface area contributed by atoms with Crippen LogP contribution in [0.2, 0.25) is 4.34 Å². The smallest absolute Gasteiger partial charge is 0.227 e. The van der Waals surface area contributed by atoms with Gasteiger partial charge < -0.3 is 10.6 Å². The number of nitrogens with two attached hydrogens (primary N) is 1. The van der Waals surface area contributed by atoms with Crippen LogP contribution in [0.25, 0.3) is 0 Å². The number of hydrogen-bond acceptors (Lipinski definition) is 3. The number of halogens is 1. The van der Waals surface area contributed by atoms with Crippen molar-refractivity contribution in [2.24, 2.45) is 11.7 Å². The van der Waals surface area contributed by atoms with Crippen molar-refractivity contribution in [2.45, 2.75) is 19.3 Å². The summed E-state index contributed by atoms with van der Waals surface area (Å²) in [4.78, 5) is 25.8. The molecule has 4 nitrogen and oxygen atoms in total. The summed E-state index contributed by atoms with van der Waals surface area (Å²) in [6, 6.07) is 3.68. The fourth-order valence-corrected chi connectivity index (χ4v) is 3.20. The lowest BCUT2D eigenvalue weighted by Crippen LogP contribution is -2.42. The summed E-state index contributed by atoms with van der Waals surface area (Å²) in [5.41, 5.74) is 5.26.